The second-order valence-electron chi connectivity index (χ2n) is 9.59. The summed E-state index contributed by atoms with van der Waals surface area (Å²) in [6, 6.07) is 13.3. The van der Waals surface area contributed by atoms with Gasteiger partial charge >= 0.3 is 12.1 Å². The lowest BCUT2D eigenvalue weighted by atomic mass is 9.98. The van der Waals surface area contributed by atoms with E-state index in [4.69, 9.17) is 32.7 Å². The number of ketones is 1. The van der Waals surface area contributed by atoms with Gasteiger partial charge in [0.05, 0.1) is 16.4 Å². The lowest BCUT2D eigenvalue weighted by Crippen LogP contribution is -2.32. The Hall–Kier alpha value is -3.42. The number of amides is 1. The Bertz CT molecular complexity index is 1390. The number of aryl methyl sites for hydroxylation is 2. The maximum Gasteiger partial charge on any atom is 0.422 e. The molecule has 0 N–H and O–H groups in total. The standard InChI is InChI=1S/C30H30Cl2FNO5/c1-17(2)6-13-28(35)38-20(5)39-30(37)34(27-12-8-22(33)15-19(27)4)23-9-11-25(26(32)16-23)29(36)24-10-7-21(31)14-18(24)3/h7-12,14-17,20H,6,13H2,1-5H3. The Morgan fingerprint density at radius 1 is 0.872 bits per heavy atom. The quantitative estimate of drug-likeness (QED) is 0.145. The van der Waals surface area contributed by atoms with Crippen LogP contribution in [0.4, 0.5) is 20.6 Å². The van der Waals surface area contributed by atoms with Gasteiger partial charge in [0.25, 0.3) is 0 Å². The SMILES string of the molecule is Cc1cc(Cl)ccc1C(=O)c1ccc(N(C(=O)OC(C)OC(=O)CCC(C)C)c2ccc(F)cc2C)cc1Cl. The number of hydrogen-bond donors (Lipinski definition) is 0. The fraction of sp³-hybridized carbons (Fsp3) is 0.300. The zero-order chi connectivity index (χ0) is 28.9. The fourth-order valence-electron chi connectivity index (χ4n) is 3.94. The van der Waals surface area contributed by atoms with E-state index >= 15 is 0 Å². The summed E-state index contributed by atoms with van der Waals surface area (Å²) in [5, 5.41) is 0.603. The van der Waals surface area contributed by atoms with E-state index in [-0.39, 0.29) is 28.5 Å². The average molecular weight is 574 g/mol. The van der Waals surface area contributed by atoms with Crippen molar-refractivity contribution in [2.24, 2.45) is 5.92 Å². The molecule has 1 amide bonds. The number of nitrogens with zero attached hydrogens (tertiary/aromatic N) is 1. The number of hydrogen-bond acceptors (Lipinski definition) is 5. The minimum Gasteiger partial charge on any atom is -0.425 e. The van der Waals surface area contributed by atoms with Crippen LogP contribution in [0, 0.1) is 25.6 Å². The number of esters is 1. The zero-order valence-corrected chi connectivity index (χ0v) is 23.9. The summed E-state index contributed by atoms with van der Waals surface area (Å²) in [6.45, 7) is 8.81. The van der Waals surface area contributed by atoms with Gasteiger partial charge in [-0.2, -0.15) is 0 Å². The molecule has 0 radical (unpaired) electrons. The monoisotopic (exact) mass is 573 g/mol. The highest BCUT2D eigenvalue weighted by Gasteiger charge is 2.26. The highest BCUT2D eigenvalue weighted by molar-refractivity contribution is 6.35. The Balaban J connectivity index is 1.93. The van der Waals surface area contributed by atoms with Crippen LogP contribution >= 0.6 is 23.2 Å². The van der Waals surface area contributed by atoms with Crippen LogP contribution in [-0.2, 0) is 14.3 Å². The summed E-state index contributed by atoms with van der Waals surface area (Å²) in [6.07, 6.45) is -1.22. The van der Waals surface area contributed by atoms with Crippen molar-refractivity contribution in [3.8, 4) is 0 Å². The number of carbonyl (C=O) groups excluding carboxylic acids is 3. The van der Waals surface area contributed by atoms with Crippen LogP contribution < -0.4 is 4.90 Å². The van der Waals surface area contributed by atoms with Gasteiger partial charge < -0.3 is 9.47 Å². The Morgan fingerprint density at radius 2 is 1.56 bits per heavy atom. The van der Waals surface area contributed by atoms with Crippen molar-refractivity contribution in [3.63, 3.8) is 0 Å². The number of ether oxygens (including phenoxy) is 2. The van der Waals surface area contributed by atoms with Crippen molar-refractivity contribution >= 4 is 52.4 Å². The van der Waals surface area contributed by atoms with Crippen LogP contribution in [0.3, 0.4) is 0 Å². The number of halogens is 3. The first-order valence-corrected chi connectivity index (χ1v) is 13.2. The molecule has 0 fully saturated rings. The third-order valence-electron chi connectivity index (χ3n) is 5.96. The molecule has 6 nitrogen and oxygen atoms in total. The van der Waals surface area contributed by atoms with Crippen LogP contribution in [0.25, 0.3) is 0 Å². The van der Waals surface area contributed by atoms with E-state index in [1.165, 1.54) is 48.2 Å². The van der Waals surface area contributed by atoms with E-state index in [1.807, 2.05) is 13.8 Å². The molecule has 39 heavy (non-hydrogen) atoms. The molecule has 0 saturated heterocycles. The van der Waals surface area contributed by atoms with Crippen LogP contribution in [0.1, 0.15) is 60.7 Å². The molecule has 0 aliphatic carbocycles. The normalized spacial score (nSPS) is 11.7. The molecule has 0 aliphatic rings. The number of carbonyl (C=O) groups is 3. The molecule has 0 saturated carbocycles. The van der Waals surface area contributed by atoms with E-state index < -0.39 is 24.2 Å². The van der Waals surface area contributed by atoms with Crippen LogP contribution in [0.2, 0.25) is 10.0 Å². The summed E-state index contributed by atoms with van der Waals surface area (Å²) in [5.74, 6) is -0.962. The average Bonchev–Trinajstić information content (AvgIpc) is 2.84. The van der Waals surface area contributed by atoms with Gasteiger partial charge in [-0.3, -0.25) is 9.59 Å². The molecule has 206 valence electrons. The van der Waals surface area contributed by atoms with Gasteiger partial charge in [-0.25, -0.2) is 14.1 Å². The third-order valence-corrected chi connectivity index (χ3v) is 6.51. The van der Waals surface area contributed by atoms with Gasteiger partial charge in [0, 0.05) is 29.5 Å². The van der Waals surface area contributed by atoms with Crippen molar-refractivity contribution in [1.82, 2.24) is 0 Å². The first-order valence-electron chi connectivity index (χ1n) is 12.4. The van der Waals surface area contributed by atoms with Gasteiger partial charge in [-0.1, -0.05) is 37.0 Å². The van der Waals surface area contributed by atoms with Crippen LogP contribution in [0.15, 0.2) is 54.6 Å². The third kappa shape index (κ3) is 7.80. The molecular formula is C30H30Cl2FNO5. The number of anilines is 2. The van der Waals surface area contributed by atoms with E-state index in [2.05, 4.69) is 0 Å². The van der Waals surface area contributed by atoms with E-state index in [1.54, 1.807) is 32.0 Å². The molecule has 0 aromatic heterocycles. The maximum absolute atomic E-state index is 13.9. The predicted molar refractivity (Wildman–Crippen MR) is 150 cm³/mol. The van der Waals surface area contributed by atoms with E-state index in [0.29, 0.717) is 39.7 Å². The van der Waals surface area contributed by atoms with Gasteiger partial charge in [-0.05, 0) is 91.9 Å². The van der Waals surface area contributed by atoms with Gasteiger partial charge in [0.2, 0.25) is 6.29 Å². The summed E-state index contributed by atoms with van der Waals surface area (Å²) < 4.78 is 24.5. The van der Waals surface area contributed by atoms with Crippen molar-refractivity contribution in [2.75, 3.05) is 4.90 Å². The smallest absolute Gasteiger partial charge is 0.422 e. The molecule has 1 atom stereocenters. The van der Waals surface area contributed by atoms with E-state index in [9.17, 15) is 18.8 Å². The lowest BCUT2D eigenvalue weighted by molar-refractivity contribution is -0.164. The summed E-state index contributed by atoms with van der Waals surface area (Å²) in [7, 11) is 0. The summed E-state index contributed by atoms with van der Waals surface area (Å²) in [5.41, 5.74) is 2.39. The minimum atomic E-state index is -1.18. The summed E-state index contributed by atoms with van der Waals surface area (Å²) in [4.78, 5) is 39.9. The molecule has 0 aliphatic heterocycles. The minimum absolute atomic E-state index is 0.0950. The molecule has 9 heteroatoms. The van der Waals surface area contributed by atoms with Crippen molar-refractivity contribution in [1.29, 1.82) is 0 Å². The molecule has 3 rings (SSSR count). The Kier molecular flexibility index (Phi) is 10.1. The number of benzene rings is 3. The molecule has 0 bridgehead atoms. The Morgan fingerprint density at radius 3 is 2.18 bits per heavy atom. The second kappa shape index (κ2) is 13.1. The second-order valence-corrected chi connectivity index (χ2v) is 10.4. The fourth-order valence-corrected chi connectivity index (χ4v) is 4.42. The topological polar surface area (TPSA) is 72.9 Å². The van der Waals surface area contributed by atoms with Crippen LogP contribution in [0.5, 0.6) is 0 Å². The molecule has 0 spiro atoms. The first kappa shape index (κ1) is 30.1. The Labute approximate surface area is 237 Å². The highest BCUT2D eigenvalue weighted by atomic mass is 35.5. The van der Waals surface area contributed by atoms with Gasteiger partial charge in [-0.15, -0.1) is 0 Å². The zero-order valence-electron chi connectivity index (χ0n) is 22.4. The summed E-state index contributed by atoms with van der Waals surface area (Å²) >= 11 is 12.6. The predicted octanol–water partition coefficient (Wildman–Crippen LogP) is 8.58. The number of rotatable bonds is 9. The van der Waals surface area contributed by atoms with Crippen molar-refractivity contribution in [2.45, 2.75) is 53.8 Å². The molecule has 3 aromatic carbocycles. The highest BCUT2D eigenvalue weighted by Crippen LogP contribution is 2.34. The first-order chi connectivity index (χ1) is 18.4. The largest absolute Gasteiger partial charge is 0.425 e. The lowest BCUT2D eigenvalue weighted by Gasteiger charge is -2.26. The molecular weight excluding hydrogens is 544 g/mol. The van der Waals surface area contributed by atoms with Crippen molar-refractivity contribution in [3.05, 3.63) is 92.7 Å². The maximum atomic E-state index is 13.9. The van der Waals surface area contributed by atoms with Crippen LogP contribution in [-0.4, -0.2) is 24.1 Å². The van der Waals surface area contributed by atoms with Gasteiger partial charge in [0.1, 0.15) is 5.82 Å². The van der Waals surface area contributed by atoms with Gasteiger partial charge in [0.15, 0.2) is 5.78 Å². The molecule has 0 heterocycles. The van der Waals surface area contributed by atoms with Crippen molar-refractivity contribution < 1.29 is 28.2 Å². The molecule has 1 unspecified atom stereocenters. The van der Waals surface area contributed by atoms with E-state index in [0.717, 1.165) is 0 Å². The molecule has 3 aromatic rings.